The molecule has 0 radical (unpaired) electrons. The van der Waals surface area contributed by atoms with Crippen LogP contribution in [0.15, 0.2) is 59.2 Å². The highest BCUT2D eigenvalue weighted by Crippen LogP contribution is 2.27. The number of methoxy groups -OCH3 is 1. The standard InChI is InChI=1S/C18H17NO3/c1-19(12-14-10-11-22-17(14)18(20)21-2)16-9-5-7-13-6-3-4-8-15(13)16/h3-11H,12H2,1-2H3. The maximum absolute atomic E-state index is 11.7. The Bertz CT molecular complexity index is 801. The molecule has 1 aromatic heterocycles. The molecule has 0 unspecified atom stereocenters. The lowest BCUT2D eigenvalue weighted by atomic mass is 10.1. The number of benzene rings is 2. The molecule has 0 spiro atoms. The minimum atomic E-state index is -0.452. The highest BCUT2D eigenvalue weighted by atomic mass is 16.5. The summed E-state index contributed by atoms with van der Waals surface area (Å²) >= 11 is 0. The summed E-state index contributed by atoms with van der Waals surface area (Å²) in [7, 11) is 3.35. The van der Waals surface area contributed by atoms with E-state index in [9.17, 15) is 4.79 Å². The van der Waals surface area contributed by atoms with Crippen molar-refractivity contribution >= 4 is 22.4 Å². The molecule has 22 heavy (non-hydrogen) atoms. The fraction of sp³-hybridized carbons (Fsp3) is 0.167. The van der Waals surface area contributed by atoms with Crippen molar-refractivity contribution in [2.24, 2.45) is 0 Å². The second kappa shape index (κ2) is 5.93. The van der Waals surface area contributed by atoms with Gasteiger partial charge in [-0.1, -0.05) is 36.4 Å². The molecule has 0 aliphatic rings. The van der Waals surface area contributed by atoms with Crippen LogP contribution in [0.3, 0.4) is 0 Å². The van der Waals surface area contributed by atoms with E-state index in [1.54, 1.807) is 6.07 Å². The number of nitrogens with zero attached hydrogens (tertiary/aromatic N) is 1. The molecule has 0 atom stereocenters. The van der Waals surface area contributed by atoms with Crippen molar-refractivity contribution in [3.63, 3.8) is 0 Å². The lowest BCUT2D eigenvalue weighted by Crippen LogP contribution is -2.18. The van der Waals surface area contributed by atoms with Crippen LogP contribution in [0.1, 0.15) is 16.1 Å². The first-order chi connectivity index (χ1) is 10.7. The van der Waals surface area contributed by atoms with E-state index in [0.717, 1.165) is 11.3 Å². The summed E-state index contributed by atoms with van der Waals surface area (Å²) in [6, 6.07) is 16.2. The SMILES string of the molecule is COC(=O)c1occc1CN(C)c1cccc2ccccc12. The Morgan fingerprint density at radius 3 is 2.73 bits per heavy atom. The van der Waals surface area contributed by atoms with Crippen LogP contribution >= 0.6 is 0 Å². The summed E-state index contributed by atoms with van der Waals surface area (Å²) in [4.78, 5) is 13.8. The normalized spacial score (nSPS) is 10.6. The van der Waals surface area contributed by atoms with Crippen LogP contribution in [0, 0.1) is 0 Å². The molecule has 112 valence electrons. The summed E-state index contributed by atoms with van der Waals surface area (Å²) in [6.45, 7) is 0.564. The molecule has 0 saturated heterocycles. The quantitative estimate of drug-likeness (QED) is 0.686. The minimum Gasteiger partial charge on any atom is -0.463 e. The highest BCUT2D eigenvalue weighted by molar-refractivity contribution is 5.94. The topological polar surface area (TPSA) is 42.7 Å². The Hall–Kier alpha value is -2.75. The van der Waals surface area contributed by atoms with Crippen molar-refractivity contribution in [2.45, 2.75) is 6.54 Å². The van der Waals surface area contributed by atoms with Gasteiger partial charge in [-0.2, -0.15) is 0 Å². The van der Waals surface area contributed by atoms with E-state index < -0.39 is 5.97 Å². The van der Waals surface area contributed by atoms with Crippen molar-refractivity contribution in [3.05, 3.63) is 66.1 Å². The Morgan fingerprint density at radius 1 is 1.14 bits per heavy atom. The molecule has 0 fully saturated rings. The van der Waals surface area contributed by atoms with Crippen molar-refractivity contribution in [3.8, 4) is 0 Å². The van der Waals surface area contributed by atoms with Crippen LogP contribution in [-0.2, 0) is 11.3 Å². The predicted octanol–water partition coefficient (Wildman–Crippen LogP) is 3.86. The molecule has 4 nitrogen and oxygen atoms in total. The lowest BCUT2D eigenvalue weighted by Gasteiger charge is -2.21. The van der Waals surface area contributed by atoms with Crippen molar-refractivity contribution in [2.75, 3.05) is 19.1 Å². The predicted molar refractivity (Wildman–Crippen MR) is 86.1 cm³/mol. The van der Waals surface area contributed by atoms with Crippen LogP contribution in [0.4, 0.5) is 5.69 Å². The van der Waals surface area contributed by atoms with Gasteiger partial charge in [0, 0.05) is 30.2 Å². The number of anilines is 1. The number of fused-ring (bicyclic) bond motifs is 1. The third kappa shape index (κ3) is 2.55. The molecule has 0 bridgehead atoms. The Kier molecular flexibility index (Phi) is 3.83. The number of rotatable bonds is 4. The zero-order chi connectivity index (χ0) is 15.5. The van der Waals surface area contributed by atoms with Gasteiger partial charge in [-0.3, -0.25) is 0 Å². The molecular weight excluding hydrogens is 278 g/mol. The second-order valence-electron chi connectivity index (χ2n) is 5.12. The first-order valence-electron chi connectivity index (χ1n) is 7.04. The van der Waals surface area contributed by atoms with Gasteiger partial charge in [-0.15, -0.1) is 0 Å². The van der Waals surface area contributed by atoms with Crippen LogP contribution < -0.4 is 4.90 Å². The molecule has 4 heteroatoms. The first-order valence-corrected chi connectivity index (χ1v) is 7.04. The van der Waals surface area contributed by atoms with E-state index in [2.05, 4.69) is 29.2 Å². The zero-order valence-corrected chi connectivity index (χ0v) is 12.6. The molecular formula is C18H17NO3. The van der Waals surface area contributed by atoms with Gasteiger partial charge in [0.15, 0.2) is 0 Å². The Balaban J connectivity index is 1.93. The summed E-state index contributed by atoms with van der Waals surface area (Å²) < 4.78 is 9.98. The molecule has 1 heterocycles. The van der Waals surface area contributed by atoms with E-state index >= 15 is 0 Å². The van der Waals surface area contributed by atoms with Gasteiger partial charge in [-0.05, 0) is 17.5 Å². The molecule has 0 aliphatic heterocycles. The van der Waals surface area contributed by atoms with Crippen molar-refractivity contribution < 1.29 is 13.9 Å². The van der Waals surface area contributed by atoms with Crippen LogP contribution in [0.2, 0.25) is 0 Å². The second-order valence-corrected chi connectivity index (χ2v) is 5.12. The number of hydrogen-bond donors (Lipinski definition) is 0. The molecule has 0 N–H and O–H groups in total. The first kappa shape index (κ1) is 14.2. The van der Waals surface area contributed by atoms with Gasteiger partial charge >= 0.3 is 5.97 Å². The maximum atomic E-state index is 11.7. The lowest BCUT2D eigenvalue weighted by molar-refractivity contribution is 0.0563. The van der Waals surface area contributed by atoms with Gasteiger partial charge in [0.05, 0.1) is 13.4 Å². The summed E-state index contributed by atoms with van der Waals surface area (Å²) in [5, 5.41) is 2.36. The van der Waals surface area contributed by atoms with E-state index in [1.807, 2.05) is 25.2 Å². The van der Waals surface area contributed by atoms with Gasteiger partial charge in [0.25, 0.3) is 0 Å². The van der Waals surface area contributed by atoms with Crippen LogP contribution in [-0.4, -0.2) is 20.1 Å². The smallest absolute Gasteiger partial charge is 0.374 e. The largest absolute Gasteiger partial charge is 0.463 e. The van der Waals surface area contributed by atoms with Crippen molar-refractivity contribution in [1.29, 1.82) is 0 Å². The van der Waals surface area contributed by atoms with Gasteiger partial charge in [0.1, 0.15) is 0 Å². The van der Waals surface area contributed by atoms with Gasteiger partial charge in [-0.25, -0.2) is 4.79 Å². The third-order valence-corrected chi connectivity index (χ3v) is 3.70. The van der Waals surface area contributed by atoms with Gasteiger partial charge in [0.2, 0.25) is 5.76 Å². The fourth-order valence-electron chi connectivity index (χ4n) is 2.61. The molecule has 0 aliphatic carbocycles. The van der Waals surface area contributed by atoms with Crippen molar-refractivity contribution in [1.82, 2.24) is 0 Å². The average molecular weight is 295 g/mol. The third-order valence-electron chi connectivity index (χ3n) is 3.70. The zero-order valence-electron chi connectivity index (χ0n) is 12.6. The van der Waals surface area contributed by atoms with E-state index in [-0.39, 0.29) is 5.76 Å². The number of esters is 1. The van der Waals surface area contributed by atoms with E-state index in [1.165, 1.54) is 24.1 Å². The molecule has 3 rings (SSSR count). The minimum absolute atomic E-state index is 0.259. The number of carbonyl (C=O) groups excluding carboxylic acids is 1. The summed E-state index contributed by atoms with van der Waals surface area (Å²) in [6.07, 6.45) is 1.51. The van der Waals surface area contributed by atoms with E-state index in [0.29, 0.717) is 6.54 Å². The van der Waals surface area contributed by atoms with Gasteiger partial charge < -0.3 is 14.1 Å². The number of ether oxygens (including phenoxy) is 1. The Labute approximate surface area is 128 Å². The highest BCUT2D eigenvalue weighted by Gasteiger charge is 2.17. The number of carbonyl (C=O) groups is 1. The molecule has 3 aromatic rings. The van der Waals surface area contributed by atoms with Crippen LogP contribution in [0.5, 0.6) is 0 Å². The molecule has 0 amide bonds. The number of hydrogen-bond acceptors (Lipinski definition) is 4. The maximum Gasteiger partial charge on any atom is 0.374 e. The molecule has 0 saturated carbocycles. The fourth-order valence-corrected chi connectivity index (χ4v) is 2.61. The molecule has 2 aromatic carbocycles. The monoisotopic (exact) mass is 295 g/mol. The Morgan fingerprint density at radius 2 is 1.91 bits per heavy atom. The van der Waals surface area contributed by atoms with Crippen LogP contribution in [0.25, 0.3) is 10.8 Å². The number of furan rings is 1. The average Bonchev–Trinajstić information content (AvgIpc) is 3.01. The summed E-state index contributed by atoms with van der Waals surface area (Å²) in [5.41, 5.74) is 1.91. The summed E-state index contributed by atoms with van der Waals surface area (Å²) in [5.74, 6) is -0.194. The van der Waals surface area contributed by atoms with E-state index in [4.69, 9.17) is 9.15 Å².